The maximum Gasteiger partial charge on any atom is 0.339 e. The predicted octanol–water partition coefficient (Wildman–Crippen LogP) is 6.69. The molecule has 0 amide bonds. The van der Waals surface area contributed by atoms with Crippen molar-refractivity contribution >= 4 is 23.6 Å². The molecule has 2 N–H and O–H groups in total. The fourth-order valence-electron chi connectivity index (χ4n) is 3.29. The van der Waals surface area contributed by atoms with Crippen molar-refractivity contribution < 1.29 is 19.7 Å². The highest BCUT2D eigenvalue weighted by atomic mass is 35.5. The minimum Gasteiger partial charge on any atom is -0.506 e. The lowest BCUT2D eigenvalue weighted by molar-refractivity contribution is 0.0692. The van der Waals surface area contributed by atoms with Gasteiger partial charge in [-0.1, -0.05) is 34.9 Å². The molecule has 28 heavy (non-hydrogen) atoms. The summed E-state index contributed by atoms with van der Waals surface area (Å²) >= 11 is 6.38. The van der Waals surface area contributed by atoms with Gasteiger partial charge in [-0.3, -0.25) is 0 Å². The fourth-order valence-corrected chi connectivity index (χ4v) is 3.53. The third kappa shape index (κ3) is 4.99. The Morgan fingerprint density at radius 3 is 2.54 bits per heavy atom. The van der Waals surface area contributed by atoms with E-state index in [4.69, 9.17) is 16.3 Å². The van der Waals surface area contributed by atoms with Crippen LogP contribution in [0.4, 0.5) is 0 Å². The summed E-state index contributed by atoms with van der Waals surface area (Å²) in [6.45, 7) is 9.89. The van der Waals surface area contributed by atoms with Crippen molar-refractivity contribution in [2.45, 2.75) is 65.9 Å². The number of aromatic hydroxyl groups is 1. The van der Waals surface area contributed by atoms with Crippen LogP contribution >= 0.6 is 11.6 Å². The second kappa shape index (κ2) is 8.87. The molecule has 0 bridgehead atoms. The molecule has 4 nitrogen and oxygen atoms in total. The van der Waals surface area contributed by atoms with Gasteiger partial charge in [-0.25, -0.2) is 4.79 Å². The molecular weight excluding hydrogens is 376 g/mol. The fraction of sp³-hybridized carbons (Fsp3) is 0.435. The summed E-state index contributed by atoms with van der Waals surface area (Å²) in [7, 11) is 0. The lowest BCUT2D eigenvalue weighted by Crippen LogP contribution is -2.32. The highest BCUT2D eigenvalue weighted by molar-refractivity contribution is 6.34. The average Bonchev–Trinajstić information content (AvgIpc) is 2.59. The van der Waals surface area contributed by atoms with Crippen molar-refractivity contribution in [2.75, 3.05) is 0 Å². The van der Waals surface area contributed by atoms with E-state index in [0.717, 1.165) is 25.7 Å². The first-order chi connectivity index (χ1) is 13.1. The number of phenols is 1. The number of carboxylic acids is 1. The second-order valence-electron chi connectivity index (χ2n) is 7.87. The van der Waals surface area contributed by atoms with Crippen LogP contribution in [0.15, 0.2) is 29.4 Å². The molecule has 1 aliphatic rings. The first kappa shape index (κ1) is 22.1. The number of hydrogen-bond acceptors (Lipinski definition) is 3. The van der Waals surface area contributed by atoms with Crippen molar-refractivity contribution in [1.82, 2.24) is 0 Å². The molecule has 0 saturated heterocycles. The molecule has 0 aliphatic carbocycles. The van der Waals surface area contributed by atoms with Crippen LogP contribution in [-0.4, -0.2) is 21.8 Å². The predicted molar refractivity (Wildman–Crippen MR) is 115 cm³/mol. The molecular formula is C23H29ClO4. The van der Waals surface area contributed by atoms with Crippen LogP contribution in [0.3, 0.4) is 0 Å². The average molecular weight is 405 g/mol. The van der Waals surface area contributed by atoms with E-state index < -0.39 is 11.6 Å². The Morgan fingerprint density at radius 2 is 1.93 bits per heavy atom. The maximum absolute atomic E-state index is 11.4. The van der Waals surface area contributed by atoms with E-state index in [1.54, 1.807) is 13.0 Å². The third-order valence-corrected chi connectivity index (χ3v) is 5.47. The van der Waals surface area contributed by atoms with Crippen LogP contribution in [0, 0.1) is 6.92 Å². The lowest BCUT2D eigenvalue weighted by atomic mass is 9.92. The molecule has 1 aromatic rings. The number of fused-ring (bicyclic) bond motifs is 1. The minimum absolute atomic E-state index is 0.185. The molecule has 0 radical (unpaired) electrons. The highest BCUT2D eigenvalue weighted by Gasteiger charge is 2.33. The van der Waals surface area contributed by atoms with Crippen molar-refractivity contribution in [2.24, 2.45) is 0 Å². The zero-order chi connectivity index (χ0) is 21.1. The van der Waals surface area contributed by atoms with Gasteiger partial charge in [-0.05, 0) is 78.0 Å². The first-order valence-electron chi connectivity index (χ1n) is 9.51. The van der Waals surface area contributed by atoms with Gasteiger partial charge in [-0.2, -0.15) is 0 Å². The third-order valence-electron chi connectivity index (χ3n) is 5.02. The smallest absolute Gasteiger partial charge is 0.339 e. The van der Waals surface area contributed by atoms with E-state index in [1.807, 2.05) is 13.0 Å². The summed E-state index contributed by atoms with van der Waals surface area (Å²) in [5.41, 5.74) is 2.55. The van der Waals surface area contributed by atoms with Crippen molar-refractivity contribution in [1.29, 1.82) is 0 Å². The summed E-state index contributed by atoms with van der Waals surface area (Å²) in [5, 5.41) is 19.9. The number of carboxylic acid groups (broad SMARTS) is 1. The largest absolute Gasteiger partial charge is 0.506 e. The zero-order valence-corrected chi connectivity index (χ0v) is 18.0. The van der Waals surface area contributed by atoms with Crippen molar-refractivity contribution in [3.05, 3.63) is 51.1 Å². The number of ether oxygens (including phenoxy) is 1. The Morgan fingerprint density at radius 1 is 1.25 bits per heavy atom. The SMILES string of the molecule is CC(C)=CCC/C(C)=C/CC[C@@]1(C)C=Cc2c(O)c(C(=O)O)c(C)c(Cl)c2O1. The van der Waals surface area contributed by atoms with E-state index in [1.165, 1.54) is 11.1 Å². The molecule has 1 heterocycles. The molecule has 0 unspecified atom stereocenters. The van der Waals surface area contributed by atoms with Crippen LogP contribution in [0.1, 0.15) is 74.9 Å². The topological polar surface area (TPSA) is 66.8 Å². The summed E-state index contributed by atoms with van der Waals surface area (Å²) in [6, 6.07) is 0. The number of benzene rings is 1. The molecule has 2 rings (SSSR count). The van der Waals surface area contributed by atoms with Gasteiger partial charge in [0.25, 0.3) is 0 Å². The van der Waals surface area contributed by atoms with E-state index >= 15 is 0 Å². The molecule has 0 spiro atoms. The Hall–Kier alpha value is -2.20. The molecule has 5 heteroatoms. The van der Waals surface area contributed by atoms with Gasteiger partial charge < -0.3 is 14.9 Å². The van der Waals surface area contributed by atoms with Gasteiger partial charge in [0.1, 0.15) is 22.7 Å². The van der Waals surface area contributed by atoms with Crippen LogP contribution in [0.2, 0.25) is 5.02 Å². The van der Waals surface area contributed by atoms with Crippen LogP contribution < -0.4 is 4.74 Å². The van der Waals surface area contributed by atoms with E-state index in [2.05, 4.69) is 32.9 Å². The summed E-state index contributed by atoms with van der Waals surface area (Å²) in [5.74, 6) is -1.18. The van der Waals surface area contributed by atoms with Gasteiger partial charge in [-0.15, -0.1) is 0 Å². The molecule has 0 saturated carbocycles. The molecule has 1 aliphatic heterocycles. The van der Waals surface area contributed by atoms with Crippen molar-refractivity contribution in [3.8, 4) is 11.5 Å². The van der Waals surface area contributed by atoms with Crippen LogP contribution in [0.5, 0.6) is 11.5 Å². The maximum atomic E-state index is 11.4. The number of allylic oxidation sites excluding steroid dienone is 4. The summed E-state index contributed by atoms with van der Waals surface area (Å²) in [4.78, 5) is 11.4. The lowest BCUT2D eigenvalue weighted by Gasteiger charge is -2.33. The van der Waals surface area contributed by atoms with Gasteiger partial charge in [0.2, 0.25) is 0 Å². The van der Waals surface area contributed by atoms with E-state index in [-0.39, 0.29) is 16.3 Å². The number of rotatable bonds is 7. The van der Waals surface area contributed by atoms with Gasteiger partial charge in [0.15, 0.2) is 0 Å². The molecule has 0 aromatic heterocycles. The van der Waals surface area contributed by atoms with E-state index in [9.17, 15) is 15.0 Å². The standard InChI is InChI=1S/C23H29ClO4/c1-14(2)8-6-9-15(3)10-7-12-23(5)13-11-17-20(25)18(22(26)27)16(4)19(24)21(17)28-23/h8,10-11,13,25H,6-7,9,12H2,1-5H3,(H,26,27)/b15-10+/t23-/m0/s1. The van der Waals surface area contributed by atoms with Gasteiger partial charge in [0, 0.05) is 0 Å². The molecule has 1 atom stereocenters. The normalized spacial score (nSPS) is 18.4. The number of halogens is 1. The first-order valence-corrected chi connectivity index (χ1v) is 9.89. The van der Waals surface area contributed by atoms with E-state index in [0.29, 0.717) is 16.9 Å². The second-order valence-corrected chi connectivity index (χ2v) is 8.25. The Labute approximate surface area is 172 Å². The van der Waals surface area contributed by atoms with Gasteiger partial charge >= 0.3 is 5.97 Å². The Balaban J connectivity index is 2.15. The number of hydrogen-bond donors (Lipinski definition) is 2. The quantitative estimate of drug-likeness (QED) is 0.497. The summed E-state index contributed by atoms with van der Waals surface area (Å²) in [6.07, 6.45) is 11.7. The summed E-state index contributed by atoms with van der Waals surface area (Å²) < 4.78 is 6.13. The molecule has 0 fully saturated rings. The van der Waals surface area contributed by atoms with Crippen molar-refractivity contribution in [3.63, 3.8) is 0 Å². The molecule has 152 valence electrons. The van der Waals surface area contributed by atoms with Gasteiger partial charge in [0.05, 0.1) is 10.6 Å². The number of carbonyl (C=O) groups is 1. The minimum atomic E-state index is -1.21. The van der Waals surface area contributed by atoms with Crippen LogP contribution in [-0.2, 0) is 0 Å². The molecule has 1 aromatic carbocycles. The number of aromatic carboxylic acids is 1. The monoisotopic (exact) mass is 404 g/mol. The Kier molecular flexibility index (Phi) is 7.00. The van der Waals surface area contributed by atoms with Crippen LogP contribution in [0.25, 0.3) is 6.08 Å². The highest BCUT2D eigenvalue weighted by Crippen LogP contribution is 2.46. The zero-order valence-electron chi connectivity index (χ0n) is 17.2. The Bertz CT molecular complexity index is 860.